The molecule has 24 heavy (non-hydrogen) atoms. The summed E-state index contributed by atoms with van der Waals surface area (Å²) in [5, 5.41) is 6.57. The van der Waals surface area contributed by atoms with Gasteiger partial charge < -0.3 is 24.1 Å². The van der Waals surface area contributed by atoms with Crippen molar-refractivity contribution in [3.8, 4) is 11.5 Å². The summed E-state index contributed by atoms with van der Waals surface area (Å²) in [6.45, 7) is 4.57. The maximum atomic E-state index is 12.1. The molecular weight excluding hydrogens is 312 g/mol. The lowest BCUT2D eigenvalue weighted by Gasteiger charge is -2.16. The van der Waals surface area contributed by atoms with Crippen LogP contribution in [0.25, 0.3) is 0 Å². The standard InChI is InChI=1S/C17H22N2O5/c1-11-9-16(24-19-11)17(20)18-12(2)13-5-6-14(15(10-13)22-4)23-8-7-21-3/h5-6,9-10,12H,7-8H2,1-4H3,(H,18,20)/t12-/m1/s1. The van der Waals surface area contributed by atoms with E-state index in [1.165, 1.54) is 0 Å². The lowest BCUT2D eigenvalue weighted by Crippen LogP contribution is -2.26. The quantitative estimate of drug-likeness (QED) is 0.747. The molecule has 2 aromatic rings. The second-order valence-electron chi connectivity index (χ2n) is 5.28. The molecule has 7 heteroatoms. The minimum Gasteiger partial charge on any atom is -0.493 e. The average molecular weight is 334 g/mol. The molecule has 1 N–H and O–H groups in total. The van der Waals surface area contributed by atoms with Gasteiger partial charge in [0.25, 0.3) is 5.91 Å². The fraction of sp³-hybridized carbons (Fsp3) is 0.412. The Bertz CT molecular complexity index is 683. The van der Waals surface area contributed by atoms with Crippen molar-refractivity contribution in [2.75, 3.05) is 27.4 Å². The molecule has 0 bridgehead atoms. The third kappa shape index (κ3) is 4.48. The molecule has 0 radical (unpaired) electrons. The van der Waals surface area contributed by atoms with Gasteiger partial charge >= 0.3 is 0 Å². The molecule has 0 fully saturated rings. The van der Waals surface area contributed by atoms with Gasteiger partial charge in [0.15, 0.2) is 11.5 Å². The van der Waals surface area contributed by atoms with Crippen molar-refractivity contribution in [1.82, 2.24) is 10.5 Å². The minimum absolute atomic E-state index is 0.186. The zero-order valence-corrected chi connectivity index (χ0v) is 14.3. The topological polar surface area (TPSA) is 82.8 Å². The molecule has 7 nitrogen and oxygen atoms in total. The molecule has 0 unspecified atom stereocenters. The van der Waals surface area contributed by atoms with E-state index in [-0.39, 0.29) is 17.7 Å². The first-order valence-corrected chi connectivity index (χ1v) is 7.59. The lowest BCUT2D eigenvalue weighted by atomic mass is 10.1. The first-order chi connectivity index (χ1) is 11.5. The second kappa shape index (κ2) is 8.35. The summed E-state index contributed by atoms with van der Waals surface area (Å²) in [5.41, 5.74) is 1.54. The van der Waals surface area contributed by atoms with Gasteiger partial charge in [-0.1, -0.05) is 11.2 Å². The molecule has 0 aliphatic heterocycles. The van der Waals surface area contributed by atoms with Crippen LogP contribution in [-0.4, -0.2) is 38.5 Å². The molecule has 0 spiro atoms. The van der Waals surface area contributed by atoms with Gasteiger partial charge in [-0.05, 0) is 31.5 Å². The summed E-state index contributed by atoms with van der Waals surface area (Å²) in [6, 6.07) is 6.88. The second-order valence-corrected chi connectivity index (χ2v) is 5.28. The average Bonchev–Trinajstić information content (AvgIpc) is 3.01. The van der Waals surface area contributed by atoms with E-state index in [4.69, 9.17) is 18.7 Å². The van der Waals surface area contributed by atoms with Crippen LogP contribution in [0.3, 0.4) is 0 Å². The molecule has 1 amide bonds. The van der Waals surface area contributed by atoms with Gasteiger partial charge in [0.1, 0.15) is 6.61 Å². The van der Waals surface area contributed by atoms with E-state index in [9.17, 15) is 4.79 Å². The van der Waals surface area contributed by atoms with Gasteiger partial charge in [-0.15, -0.1) is 0 Å². The van der Waals surface area contributed by atoms with E-state index in [1.54, 1.807) is 27.2 Å². The van der Waals surface area contributed by atoms with Crippen LogP contribution in [0.5, 0.6) is 11.5 Å². The van der Waals surface area contributed by atoms with E-state index in [2.05, 4.69) is 10.5 Å². The highest BCUT2D eigenvalue weighted by Gasteiger charge is 2.17. The molecule has 1 aromatic heterocycles. The summed E-state index contributed by atoms with van der Waals surface area (Å²) >= 11 is 0. The number of nitrogens with zero attached hydrogens (tertiary/aromatic N) is 1. The van der Waals surface area contributed by atoms with Gasteiger partial charge in [0.2, 0.25) is 5.76 Å². The van der Waals surface area contributed by atoms with E-state index in [0.717, 1.165) is 5.56 Å². The van der Waals surface area contributed by atoms with Gasteiger partial charge in [0.05, 0.1) is 25.5 Å². The van der Waals surface area contributed by atoms with Crippen LogP contribution in [0.1, 0.15) is 34.8 Å². The minimum atomic E-state index is -0.317. The van der Waals surface area contributed by atoms with Crippen LogP contribution in [0, 0.1) is 6.92 Å². The third-order valence-corrected chi connectivity index (χ3v) is 3.43. The molecule has 0 saturated carbocycles. The number of carbonyl (C=O) groups is 1. The monoisotopic (exact) mass is 334 g/mol. The van der Waals surface area contributed by atoms with Crippen molar-refractivity contribution < 1.29 is 23.5 Å². The highest BCUT2D eigenvalue weighted by atomic mass is 16.5. The van der Waals surface area contributed by atoms with E-state index in [0.29, 0.717) is 30.4 Å². The van der Waals surface area contributed by atoms with Crippen molar-refractivity contribution in [2.45, 2.75) is 19.9 Å². The van der Waals surface area contributed by atoms with Crippen molar-refractivity contribution in [3.05, 3.63) is 41.3 Å². The third-order valence-electron chi connectivity index (χ3n) is 3.43. The van der Waals surface area contributed by atoms with Gasteiger partial charge in [-0.3, -0.25) is 4.79 Å². The van der Waals surface area contributed by atoms with Crippen LogP contribution < -0.4 is 14.8 Å². The number of amides is 1. The molecule has 1 atom stereocenters. The zero-order chi connectivity index (χ0) is 17.5. The van der Waals surface area contributed by atoms with Gasteiger partial charge in [0, 0.05) is 13.2 Å². The summed E-state index contributed by atoms with van der Waals surface area (Å²) in [5.74, 6) is 1.09. The number of hydrogen-bond donors (Lipinski definition) is 1. The Kier molecular flexibility index (Phi) is 6.20. The van der Waals surface area contributed by atoms with Crippen molar-refractivity contribution in [1.29, 1.82) is 0 Å². The molecule has 2 rings (SSSR count). The highest BCUT2D eigenvalue weighted by Crippen LogP contribution is 2.30. The van der Waals surface area contributed by atoms with E-state index in [1.807, 2.05) is 25.1 Å². The van der Waals surface area contributed by atoms with Crippen LogP contribution >= 0.6 is 0 Å². The number of methoxy groups -OCH3 is 2. The lowest BCUT2D eigenvalue weighted by molar-refractivity contribution is 0.0902. The molecule has 0 aliphatic rings. The normalized spacial score (nSPS) is 11.8. The molecule has 0 aliphatic carbocycles. The summed E-state index contributed by atoms with van der Waals surface area (Å²) in [7, 11) is 3.19. The molecule has 130 valence electrons. The summed E-state index contributed by atoms with van der Waals surface area (Å²) < 4.78 is 20.9. The number of hydrogen-bond acceptors (Lipinski definition) is 6. The van der Waals surface area contributed by atoms with Crippen LogP contribution in [0.15, 0.2) is 28.8 Å². The fourth-order valence-electron chi connectivity index (χ4n) is 2.13. The summed E-state index contributed by atoms with van der Waals surface area (Å²) in [6.07, 6.45) is 0. The Morgan fingerprint density at radius 3 is 2.67 bits per heavy atom. The predicted octanol–water partition coefficient (Wildman–Crippen LogP) is 2.51. The van der Waals surface area contributed by atoms with Crippen molar-refractivity contribution >= 4 is 5.91 Å². The molecule has 1 heterocycles. The number of carbonyl (C=O) groups excluding carboxylic acids is 1. The number of benzene rings is 1. The summed E-state index contributed by atoms with van der Waals surface area (Å²) in [4.78, 5) is 12.1. The number of nitrogens with one attached hydrogen (secondary N) is 1. The molecular formula is C17H22N2O5. The SMILES string of the molecule is COCCOc1ccc([C@@H](C)NC(=O)c2cc(C)no2)cc1OC. The largest absolute Gasteiger partial charge is 0.493 e. The van der Waals surface area contributed by atoms with E-state index >= 15 is 0 Å². The Balaban J connectivity index is 2.06. The fourth-order valence-corrected chi connectivity index (χ4v) is 2.13. The smallest absolute Gasteiger partial charge is 0.290 e. The van der Waals surface area contributed by atoms with Gasteiger partial charge in [-0.2, -0.15) is 0 Å². The number of rotatable bonds is 8. The zero-order valence-electron chi connectivity index (χ0n) is 14.3. The molecule has 1 aromatic carbocycles. The highest BCUT2D eigenvalue weighted by molar-refractivity contribution is 5.91. The first kappa shape index (κ1) is 17.8. The molecule has 0 saturated heterocycles. The predicted molar refractivity (Wildman–Crippen MR) is 87.5 cm³/mol. The maximum absolute atomic E-state index is 12.1. The number of aryl methyl sites for hydroxylation is 1. The van der Waals surface area contributed by atoms with Crippen LogP contribution in [0.4, 0.5) is 0 Å². The van der Waals surface area contributed by atoms with E-state index < -0.39 is 0 Å². The number of aromatic nitrogens is 1. The maximum Gasteiger partial charge on any atom is 0.290 e. The first-order valence-electron chi connectivity index (χ1n) is 7.59. The Labute approximate surface area is 140 Å². The van der Waals surface area contributed by atoms with Crippen molar-refractivity contribution in [2.24, 2.45) is 0 Å². The Morgan fingerprint density at radius 2 is 2.04 bits per heavy atom. The van der Waals surface area contributed by atoms with Crippen molar-refractivity contribution in [3.63, 3.8) is 0 Å². The number of ether oxygens (including phenoxy) is 3. The van der Waals surface area contributed by atoms with Crippen LogP contribution in [0.2, 0.25) is 0 Å². The Hall–Kier alpha value is -2.54. The van der Waals surface area contributed by atoms with Crippen LogP contribution in [-0.2, 0) is 4.74 Å². The Morgan fingerprint density at radius 1 is 1.25 bits per heavy atom. The van der Waals surface area contributed by atoms with Gasteiger partial charge in [-0.25, -0.2) is 0 Å².